The third-order valence-corrected chi connectivity index (χ3v) is 4.85. The Hall–Kier alpha value is -1.59. The van der Waals surface area contributed by atoms with E-state index in [2.05, 4.69) is 6.58 Å². The molecule has 2 aliphatic rings. The summed E-state index contributed by atoms with van der Waals surface area (Å²) in [7, 11) is 0. The lowest BCUT2D eigenvalue weighted by molar-refractivity contribution is -0.145. The summed E-state index contributed by atoms with van der Waals surface area (Å²) in [6, 6.07) is 3.58. The number of amides is 1. The van der Waals surface area contributed by atoms with E-state index in [1.807, 2.05) is 17.9 Å². The fourth-order valence-corrected chi connectivity index (χ4v) is 3.73. The number of hydrogen-bond acceptors (Lipinski definition) is 4. The zero-order valence-corrected chi connectivity index (χ0v) is 13.8. The van der Waals surface area contributed by atoms with Gasteiger partial charge >= 0.3 is 0 Å². The van der Waals surface area contributed by atoms with Crippen molar-refractivity contribution in [3.63, 3.8) is 0 Å². The van der Waals surface area contributed by atoms with Crippen molar-refractivity contribution in [1.82, 2.24) is 4.90 Å². The highest BCUT2D eigenvalue weighted by Gasteiger charge is 2.47. The molecular formula is C18H25NO4. The van der Waals surface area contributed by atoms with Crippen molar-refractivity contribution < 1.29 is 18.7 Å². The first kappa shape index (κ1) is 16.3. The van der Waals surface area contributed by atoms with Gasteiger partial charge in [-0.2, -0.15) is 0 Å². The largest absolute Gasteiger partial charge is 0.456 e. The van der Waals surface area contributed by atoms with Crippen molar-refractivity contribution in [1.29, 1.82) is 0 Å². The van der Waals surface area contributed by atoms with Crippen molar-refractivity contribution >= 4 is 5.91 Å². The fourth-order valence-electron chi connectivity index (χ4n) is 3.73. The number of ether oxygens (including phenoxy) is 2. The molecule has 0 N–H and O–H groups in total. The molecule has 2 fully saturated rings. The van der Waals surface area contributed by atoms with Crippen LogP contribution in [-0.2, 0) is 9.47 Å². The summed E-state index contributed by atoms with van der Waals surface area (Å²) in [5.41, 5.74) is -0.114. The lowest BCUT2D eigenvalue weighted by atomic mass is 9.73. The van der Waals surface area contributed by atoms with Gasteiger partial charge in [0, 0.05) is 25.1 Å². The van der Waals surface area contributed by atoms with Gasteiger partial charge in [0.25, 0.3) is 5.91 Å². The molecule has 5 heteroatoms. The van der Waals surface area contributed by atoms with E-state index >= 15 is 0 Å². The molecule has 3 rings (SSSR count). The number of carbonyl (C=O) groups excluding carboxylic acids is 1. The average Bonchev–Trinajstić information content (AvgIpc) is 3.00. The predicted molar refractivity (Wildman–Crippen MR) is 86.4 cm³/mol. The lowest BCUT2D eigenvalue weighted by Gasteiger charge is -2.50. The van der Waals surface area contributed by atoms with E-state index in [-0.39, 0.29) is 17.4 Å². The van der Waals surface area contributed by atoms with Gasteiger partial charge in [0.15, 0.2) is 5.76 Å². The van der Waals surface area contributed by atoms with Gasteiger partial charge < -0.3 is 18.8 Å². The van der Waals surface area contributed by atoms with Gasteiger partial charge in [0.1, 0.15) is 5.76 Å². The van der Waals surface area contributed by atoms with E-state index in [4.69, 9.17) is 13.9 Å². The van der Waals surface area contributed by atoms with E-state index in [9.17, 15) is 4.79 Å². The molecule has 2 atom stereocenters. The maximum absolute atomic E-state index is 12.7. The van der Waals surface area contributed by atoms with Crippen molar-refractivity contribution in [3.05, 3.63) is 36.3 Å². The Morgan fingerprint density at radius 3 is 3.17 bits per heavy atom. The van der Waals surface area contributed by atoms with Crippen molar-refractivity contribution in [3.8, 4) is 0 Å². The van der Waals surface area contributed by atoms with Crippen molar-refractivity contribution in [2.75, 3.05) is 32.9 Å². The van der Waals surface area contributed by atoms with Crippen LogP contribution in [0.3, 0.4) is 0 Å². The maximum Gasteiger partial charge on any atom is 0.289 e. The number of fused-ring (bicyclic) bond motifs is 1. The van der Waals surface area contributed by atoms with Gasteiger partial charge in [0.05, 0.1) is 19.3 Å². The van der Waals surface area contributed by atoms with Crippen LogP contribution in [0.5, 0.6) is 0 Å². The summed E-state index contributed by atoms with van der Waals surface area (Å²) in [5, 5.41) is 0. The van der Waals surface area contributed by atoms with Gasteiger partial charge in [-0.15, -0.1) is 6.58 Å². The molecule has 2 aliphatic heterocycles. The van der Waals surface area contributed by atoms with Gasteiger partial charge in [-0.3, -0.25) is 4.79 Å². The first-order chi connectivity index (χ1) is 11.1. The molecule has 0 spiro atoms. The molecule has 2 saturated heterocycles. The number of piperidine rings is 1. The molecule has 1 amide bonds. The first-order valence-corrected chi connectivity index (χ1v) is 8.30. The number of aryl methyl sites for hydroxylation is 1. The minimum Gasteiger partial charge on any atom is -0.456 e. The van der Waals surface area contributed by atoms with Crippen molar-refractivity contribution in [2.24, 2.45) is 5.41 Å². The van der Waals surface area contributed by atoms with Crippen LogP contribution in [-0.4, -0.2) is 49.8 Å². The van der Waals surface area contributed by atoms with Crippen LogP contribution in [0.2, 0.25) is 0 Å². The summed E-state index contributed by atoms with van der Waals surface area (Å²) in [5.74, 6) is 1.14. The zero-order chi connectivity index (χ0) is 16.3. The second-order valence-corrected chi connectivity index (χ2v) is 6.55. The third-order valence-electron chi connectivity index (χ3n) is 4.85. The van der Waals surface area contributed by atoms with Gasteiger partial charge in [0.2, 0.25) is 0 Å². The normalized spacial score (nSPS) is 27.5. The molecule has 0 aliphatic carbocycles. The zero-order valence-electron chi connectivity index (χ0n) is 13.8. The van der Waals surface area contributed by atoms with Crippen molar-refractivity contribution in [2.45, 2.75) is 32.3 Å². The second kappa shape index (κ2) is 6.89. The van der Waals surface area contributed by atoms with E-state index in [0.29, 0.717) is 32.1 Å². The molecular weight excluding hydrogens is 294 g/mol. The lowest BCUT2D eigenvalue weighted by Crippen LogP contribution is -2.58. The molecule has 23 heavy (non-hydrogen) atoms. The Balaban J connectivity index is 1.74. The smallest absolute Gasteiger partial charge is 0.289 e. The third kappa shape index (κ3) is 3.35. The van der Waals surface area contributed by atoms with Crippen LogP contribution in [0, 0.1) is 12.3 Å². The predicted octanol–water partition coefficient (Wildman–Crippen LogP) is 2.80. The summed E-state index contributed by atoms with van der Waals surface area (Å²) in [4.78, 5) is 14.6. The molecule has 5 nitrogen and oxygen atoms in total. The van der Waals surface area contributed by atoms with E-state index < -0.39 is 0 Å². The minimum atomic E-state index is -0.114. The standard InChI is InChI=1S/C18H25NO4/c1-3-10-21-13-18-8-4-11-22-16(18)7-9-19(12-18)17(20)15-6-5-14(2)23-15/h3,5-6,16H,1,4,7-13H2,2H3/t16-,18-/m1/s1. The van der Waals surface area contributed by atoms with Crippen LogP contribution in [0.15, 0.2) is 29.2 Å². The summed E-state index contributed by atoms with van der Waals surface area (Å²) in [6.07, 6.45) is 4.81. The monoisotopic (exact) mass is 319 g/mol. The van der Waals surface area contributed by atoms with Crippen LogP contribution in [0.1, 0.15) is 35.6 Å². The number of likely N-dealkylation sites (tertiary alicyclic amines) is 1. The number of nitrogens with zero attached hydrogens (tertiary/aromatic N) is 1. The number of hydrogen-bond donors (Lipinski definition) is 0. The molecule has 0 unspecified atom stereocenters. The highest BCUT2D eigenvalue weighted by atomic mass is 16.5. The molecule has 0 saturated carbocycles. The molecule has 3 heterocycles. The molecule has 0 bridgehead atoms. The van der Waals surface area contributed by atoms with E-state index in [0.717, 1.165) is 31.6 Å². The fraction of sp³-hybridized carbons (Fsp3) is 0.611. The van der Waals surface area contributed by atoms with Crippen LogP contribution in [0.25, 0.3) is 0 Å². The number of carbonyl (C=O) groups is 1. The summed E-state index contributed by atoms with van der Waals surface area (Å²) in [6.45, 7) is 8.84. The summed E-state index contributed by atoms with van der Waals surface area (Å²) < 4.78 is 17.2. The SMILES string of the molecule is C=CCOC[C@]12CCCO[C@@H]1CCN(C(=O)c1ccc(C)o1)C2. The molecule has 0 radical (unpaired) electrons. The molecule has 126 valence electrons. The Labute approximate surface area is 137 Å². The number of rotatable bonds is 5. The molecule has 0 aromatic carbocycles. The van der Waals surface area contributed by atoms with Gasteiger partial charge in [-0.1, -0.05) is 6.08 Å². The van der Waals surface area contributed by atoms with Crippen LogP contribution < -0.4 is 0 Å². The Morgan fingerprint density at radius 1 is 1.57 bits per heavy atom. The second-order valence-electron chi connectivity index (χ2n) is 6.55. The topological polar surface area (TPSA) is 51.9 Å². The van der Waals surface area contributed by atoms with Gasteiger partial charge in [-0.05, 0) is 38.3 Å². The highest BCUT2D eigenvalue weighted by Crippen LogP contribution is 2.40. The Kier molecular flexibility index (Phi) is 4.87. The molecule has 1 aromatic rings. The van der Waals surface area contributed by atoms with E-state index in [1.165, 1.54) is 0 Å². The molecule has 1 aromatic heterocycles. The highest BCUT2D eigenvalue weighted by molar-refractivity contribution is 5.91. The van der Waals surface area contributed by atoms with Crippen LogP contribution >= 0.6 is 0 Å². The van der Waals surface area contributed by atoms with Crippen LogP contribution in [0.4, 0.5) is 0 Å². The number of furan rings is 1. The summed E-state index contributed by atoms with van der Waals surface area (Å²) >= 11 is 0. The van der Waals surface area contributed by atoms with E-state index in [1.54, 1.807) is 12.1 Å². The minimum absolute atomic E-state index is 0.0368. The first-order valence-electron chi connectivity index (χ1n) is 8.30. The van der Waals surface area contributed by atoms with Gasteiger partial charge in [-0.25, -0.2) is 0 Å². The Morgan fingerprint density at radius 2 is 2.43 bits per heavy atom. The quantitative estimate of drug-likeness (QED) is 0.618. The maximum atomic E-state index is 12.7. The average molecular weight is 319 g/mol. The Bertz CT molecular complexity index is 567.